The molecule has 0 radical (unpaired) electrons. The number of benzene rings is 1. The van der Waals surface area contributed by atoms with Crippen LogP contribution in [-0.4, -0.2) is 4.98 Å². The van der Waals surface area contributed by atoms with Crippen LogP contribution in [0, 0.1) is 6.92 Å². The zero-order valence-electron chi connectivity index (χ0n) is 8.76. The molecular weight excluding hydrogens is 186 g/mol. The monoisotopic (exact) mass is 199 g/mol. The summed E-state index contributed by atoms with van der Waals surface area (Å²) in [6.45, 7) is 2.02. The molecule has 2 nitrogen and oxygen atoms in total. The molecule has 0 aliphatic heterocycles. The van der Waals surface area contributed by atoms with Gasteiger partial charge in [0.1, 0.15) is 0 Å². The summed E-state index contributed by atoms with van der Waals surface area (Å²) >= 11 is 0. The number of hydrogen-bond acceptors (Lipinski definition) is 1. The molecule has 1 aromatic carbocycles. The molecule has 0 fully saturated rings. The highest BCUT2D eigenvalue weighted by Crippen LogP contribution is 2.20. The van der Waals surface area contributed by atoms with Gasteiger partial charge in [-0.3, -0.25) is 4.79 Å². The third-order valence-electron chi connectivity index (χ3n) is 3.20. The lowest BCUT2D eigenvalue weighted by molar-refractivity contribution is 0.900. The average Bonchev–Trinajstić information content (AvgIpc) is 2.68. The minimum absolute atomic E-state index is 0.236. The molecule has 2 aromatic rings. The molecule has 0 spiro atoms. The first-order valence-electron chi connectivity index (χ1n) is 5.40. The van der Waals surface area contributed by atoms with Crippen LogP contribution in [0.25, 0.3) is 10.9 Å². The molecule has 15 heavy (non-hydrogen) atoms. The minimum atomic E-state index is 0.236. The SMILES string of the molecule is Cc1ccc2[nH]c3c(c(=O)c2c1)CCC3. The molecule has 0 atom stereocenters. The highest BCUT2D eigenvalue weighted by molar-refractivity contribution is 5.80. The van der Waals surface area contributed by atoms with Crippen molar-refractivity contribution in [2.24, 2.45) is 0 Å². The van der Waals surface area contributed by atoms with Crippen LogP contribution in [-0.2, 0) is 12.8 Å². The molecule has 3 rings (SSSR count). The largest absolute Gasteiger partial charge is 0.358 e. The Morgan fingerprint density at radius 1 is 1.27 bits per heavy atom. The van der Waals surface area contributed by atoms with Crippen molar-refractivity contribution in [3.05, 3.63) is 45.2 Å². The Morgan fingerprint density at radius 3 is 3.00 bits per heavy atom. The zero-order chi connectivity index (χ0) is 10.4. The van der Waals surface area contributed by atoms with Gasteiger partial charge < -0.3 is 4.98 Å². The summed E-state index contributed by atoms with van der Waals surface area (Å²) in [6.07, 6.45) is 3.07. The number of fused-ring (bicyclic) bond motifs is 2. The number of nitrogens with one attached hydrogen (secondary N) is 1. The number of pyridine rings is 1. The molecule has 1 aromatic heterocycles. The number of hydrogen-bond donors (Lipinski definition) is 1. The van der Waals surface area contributed by atoms with Crippen LogP contribution in [0.3, 0.4) is 0 Å². The van der Waals surface area contributed by atoms with Crippen molar-refractivity contribution in [2.75, 3.05) is 0 Å². The average molecular weight is 199 g/mol. The topological polar surface area (TPSA) is 32.9 Å². The van der Waals surface area contributed by atoms with Crippen LogP contribution in [0.5, 0.6) is 0 Å². The van der Waals surface area contributed by atoms with Gasteiger partial charge in [-0.2, -0.15) is 0 Å². The van der Waals surface area contributed by atoms with E-state index < -0.39 is 0 Å². The molecule has 0 saturated carbocycles. The van der Waals surface area contributed by atoms with Gasteiger partial charge in [-0.1, -0.05) is 11.6 Å². The van der Waals surface area contributed by atoms with E-state index in [2.05, 4.69) is 4.98 Å². The molecule has 2 heteroatoms. The van der Waals surface area contributed by atoms with Crippen LogP contribution in [0.4, 0.5) is 0 Å². The maximum atomic E-state index is 12.2. The van der Waals surface area contributed by atoms with Crippen molar-refractivity contribution in [1.82, 2.24) is 4.98 Å². The minimum Gasteiger partial charge on any atom is -0.358 e. The van der Waals surface area contributed by atoms with E-state index in [1.54, 1.807) is 0 Å². The molecule has 1 heterocycles. The van der Waals surface area contributed by atoms with E-state index in [0.717, 1.165) is 47.0 Å². The van der Waals surface area contributed by atoms with Gasteiger partial charge >= 0.3 is 0 Å². The molecule has 1 aliphatic carbocycles. The first-order chi connectivity index (χ1) is 7.25. The third kappa shape index (κ3) is 1.21. The second kappa shape index (κ2) is 2.96. The fourth-order valence-corrected chi connectivity index (χ4v) is 2.41. The van der Waals surface area contributed by atoms with Gasteiger partial charge in [-0.15, -0.1) is 0 Å². The van der Waals surface area contributed by atoms with Gasteiger partial charge in [-0.05, 0) is 38.3 Å². The fourth-order valence-electron chi connectivity index (χ4n) is 2.41. The van der Waals surface area contributed by atoms with Gasteiger partial charge in [-0.25, -0.2) is 0 Å². The van der Waals surface area contributed by atoms with E-state index in [-0.39, 0.29) is 5.43 Å². The number of H-pyrrole nitrogens is 1. The van der Waals surface area contributed by atoms with Crippen molar-refractivity contribution in [3.8, 4) is 0 Å². The van der Waals surface area contributed by atoms with Crippen LogP contribution < -0.4 is 5.43 Å². The van der Waals surface area contributed by atoms with Gasteiger partial charge in [0, 0.05) is 22.2 Å². The summed E-state index contributed by atoms with van der Waals surface area (Å²) in [7, 11) is 0. The van der Waals surface area contributed by atoms with Crippen LogP contribution in [0.1, 0.15) is 23.2 Å². The van der Waals surface area contributed by atoms with Crippen molar-refractivity contribution < 1.29 is 0 Å². The molecule has 0 saturated heterocycles. The predicted octanol–water partition coefficient (Wildman–Crippen LogP) is 2.33. The third-order valence-corrected chi connectivity index (χ3v) is 3.20. The van der Waals surface area contributed by atoms with Crippen molar-refractivity contribution in [1.29, 1.82) is 0 Å². The van der Waals surface area contributed by atoms with Gasteiger partial charge in [0.25, 0.3) is 0 Å². The smallest absolute Gasteiger partial charge is 0.192 e. The van der Waals surface area contributed by atoms with E-state index in [1.807, 2.05) is 25.1 Å². The Balaban J connectivity index is 2.47. The van der Waals surface area contributed by atoms with Crippen LogP contribution in [0.15, 0.2) is 23.0 Å². The van der Waals surface area contributed by atoms with Gasteiger partial charge in [0.2, 0.25) is 0 Å². The summed E-state index contributed by atoms with van der Waals surface area (Å²) in [4.78, 5) is 15.5. The maximum absolute atomic E-state index is 12.2. The maximum Gasteiger partial charge on any atom is 0.192 e. The van der Waals surface area contributed by atoms with Crippen LogP contribution in [0.2, 0.25) is 0 Å². The van der Waals surface area contributed by atoms with Crippen LogP contribution >= 0.6 is 0 Å². The lowest BCUT2D eigenvalue weighted by atomic mass is 10.1. The first-order valence-corrected chi connectivity index (χ1v) is 5.40. The van der Waals surface area contributed by atoms with Gasteiger partial charge in [0.15, 0.2) is 5.43 Å². The molecule has 0 bridgehead atoms. The zero-order valence-corrected chi connectivity index (χ0v) is 8.76. The number of rotatable bonds is 0. The van der Waals surface area contributed by atoms with Gasteiger partial charge in [0.05, 0.1) is 0 Å². The standard InChI is InChI=1S/C13H13NO/c1-8-5-6-12-10(7-8)13(15)9-3-2-4-11(9)14-12/h5-7H,2-4H2,1H3,(H,14,15). The number of aromatic nitrogens is 1. The van der Waals surface area contributed by atoms with E-state index in [9.17, 15) is 4.79 Å². The Morgan fingerprint density at radius 2 is 2.13 bits per heavy atom. The number of aromatic amines is 1. The predicted molar refractivity (Wildman–Crippen MR) is 61.3 cm³/mol. The second-order valence-corrected chi connectivity index (χ2v) is 4.31. The van der Waals surface area contributed by atoms with E-state index in [1.165, 1.54) is 0 Å². The normalized spacial score (nSPS) is 14.5. The Kier molecular flexibility index (Phi) is 1.72. The van der Waals surface area contributed by atoms with Crippen molar-refractivity contribution >= 4 is 10.9 Å². The first kappa shape index (κ1) is 8.72. The summed E-state index contributed by atoms with van der Waals surface area (Å²) in [5.74, 6) is 0. The lowest BCUT2D eigenvalue weighted by Crippen LogP contribution is -2.10. The molecular formula is C13H13NO. The Bertz CT molecular complexity index is 595. The summed E-state index contributed by atoms with van der Waals surface area (Å²) in [6, 6.07) is 6.02. The molecule has 1 N–H and O–H groups in total. The molecule has 76 valence electrons. The van der Waals surface area contributed by atoms with E-state index in [4.69, 9.17) is 0 Å². The summed E-state index contributed by atoms with van der Waals surface area (Å²) in [5, 5.41) is 0.843. The Hall–Kier alpha value is -1.57. The number of aryl methyl sites for hydroxylation is 2. The van der Waals surface area contributed by atoms with Crippen molar-refractivity contribution in [2.45, 2.75) is 26.2 Å². The highest BCUT2D eigenvalue weighted by atomic mass is 16.1. The van der Waals surface area contributed by atoms with E-state index >= 15 is 0 Å². The quantitative estimate of drug-likeness (QED) is 0.694. The molecule has 0 amide bonds. The van der Waals surface area contributed by atoms with E-state index in [0.29, 0.717) is 0 Å². The molecule has 0 unspecified atom stereocenters. The molecule has 1 aliphatic rings. The lowest BCUT2D eigenvalue weighted by Gasteiger charge is -2.04. The second-order valence-electron chi connectivity index (χ2n) is 4.31. The van der Waals surface area contributed by atoms with Crippen molar-refractivity contribution in [3.63, 3.8) is 0 Å². The summed E-state index contributed by atoms with van der Waals surface area (Å²) < 4.78 is 0. The highest BCUT2D eigenvalue weighted by Gasteiger charge is 2.16. The Labute approximate surface area is 87.9 Å². The summed E-state index contributed by atoms with van der Waals surface area (Å²) in [5.41, 5.74) is 4.52. The fraction of sp³-hybridized carbons (Fsp3) is 0.308.